The molecule has 7 nitrogen and oxygen atoms in total. The number of aliphatic carboxylic acids is 1. The highest BCUT2D eigenvalue weighted by molar-refractivity contribution is 5.83. The van der Waals surface area contributed by atoms with Crippen LogP contribution in [0.5, 0.6) is 0 Å². The molecule has 0 heterocycles. The van der Waals surface area contributed by atoms with Gasteiger partial charge in [-0.05, 0) is 33.6 Å². The molecular weight excluding hydrogens is 250 g/mol. The van der Waals surface area contributed by atoms with Crippen LogP contribution >= 0.6 is 0 Å². The second-order valence-electron chi connectivity index (χ2n) is 4.82. The van der Waals surface area contributed by atoms with E-state index in [0.717, 1.165) is 0 Å². The number of carboxylic acid groups (broad SMARTS) is 1. The Hall–Kier alpha value is -1.79. The molecule has 4 N–H and O–H groups in total. The van der Waals surface area contributed by atoms with Gasteiger partial charge in [0.2, 0.25) is 5.91 Å². The van der Waals surface area contributed by atoms with Crippen molar-refractivity contribution in [1.29, 1.82) is 0 Å². The van der Waals surface area contributed by atoms with Gasteiger partial charge in [0.15, 0.2) is 0 Å². The molecule has 0 saturated heterocycles. The van der Waals surface area contributed by atoms with Gasteiger partial charge in [0.1, 0.15) is 6.54 Å². The van der Waals surface area contributed by atoms with E-state index in [-0.39, 0.29) is 31.1 Å². The van der Waals surface area contributed by atoms with Gasteiger partial charge >= 0.3 is 12.0 Å². The molecule has 0 aliphatic rings. The van der Waals surface area contributed by atoms with E-state index in [4.69, 9.17) is 10.8 Å². The van der Waals surface area contributed by atoms with Gasteiger partial charge in [0, 0.05) is 18.5 Å². The Labute approximate surface area is 113 Å². The molecule has 0 radical (unpaired) electrons. The highest BCUT2D eigenvalue weighted by Gasteiger charge is 2.20. The van der Waals surface area contributed by atoms with Crippen LogP contribution in [0.3, 0.4) is 0 Å². The largest absolute Gasteiger partial charge is 0.481 e. The monoisotopic (exact) mass is 273 g/mol. The fourth-order valence-electron chi connectivity index (χ4n) is 1.58. The van der Waals surface area contributed by atoms with Gasteiger partial charge in [-0.3, -0.25) is 9.59 Å². The van der Waals surface area contributed by atoms with E-state index in [0.29, 0.717) is 12.8 Å². The van der Waals surface area contributed by atoms with E-state index < -0.39 is 11.9 Å². The van der Waals surface area contributed by atoms with Crippen molar-refractivity contribution in [3.8, 4) is 0 Å². The van der Waals surface area contributed by atoms with Gasteiger partial charge in [-0.1, -0.05) is 0 Å². The van der Waals surface area contributed by atoms with Crippen LogP contribution in [0.15, 0.2) is 0 Å². The number of carbonyl (C=O) groups is 3. The summed E-state index contributed by atoms with van der Waals surface area (Å²) in [5.74, 6) is -1.42. The number of rotatable bonds is 8. The molecule has 7 heteroatoms. The number of nitrogens with two attached hydrogens (primary N) is 1. The van der Waals surface area contributed by atoms with Crippen molar-refractivity contribution in [3.05, 3.63) is 0 Å². The molecule has 3 amide bonds. The Morgan fingerprint density at radius 2 is 1.84 bits per heavy atom. The maximum atomic E-state index is 11.9. The number of carbonyl (C=O) groups excluding carboxylic acids is 2. The molecule has 0 aliphatic carbocycles. The number of amides is 3. The lowest BCUT2D eigenvalue weighted by molar-refractivity contribution is -0.137. The van der Waals surface area contributed by atoms with Crippen molar-refractivity contribution in [2.45, 2.75) is 52.1 Å². The average molecular weight is 273 g/mol. The van der Waals surface area contributed by atoms with Crippen molar-refractivity contribution in [2.24, 2.45) is 5.73 Å². The Kier molecular flexibility index (Phi) is 7.55. The third kappa shape index (κ3) is 8.01. The Bertz CT molecular complexity index is 331. The molecule has 0 bridgehead atoms. The minimum atomic E-state index is -0.851. The predicted molar refractivity (Wildman–Crippen MR) is 70.5 cm³/mol. The molecule has 0 saturated carbocycles. The first kappa shape index (κ1) is 17.2. The van der Waals surface area contributed by atoms with Crippen LogP contribution in [0.25, 0.3) is 0 Å². The summed E-state index contributed by atoms with van der Waals surface area (Å²) >= 11 is 0. The van der Waals surface area contributed by atoms with Gasteiger partial charge < -0.3 is 21.1 Å². The first-order valence-corrected chi connectivity index (χ1v) is 6.31. The fourth-order valence-corrected chi connectivity index (χ4v) is 1.58. The van der Waals surface area contributed by atoms with E-state index in [1.54, 1.807) is 20.8 Å². The lowest BCUT2D eigenvalue weighted by atomic mass is 10.1. The summed E-state index contributed by atoms with van der Waals surface area (Å²) in [7, 11) is 0. The zero-order valence-corrected chi connectivity index (χ0v) is 11.7. The van der Waals surface area contributed by atoms with Crippen molar-refractivity contribution in [3.63, 3.8) is 0 Å². The van der Waals surface area contributed by atoms with E-state index in [2.05, 4.69) is 5.32 Å². The molecule has 0 aliphatic heterocycles. The third-order valence-corrected chi connectivity index (χ3v) is 2.61. The molecule has 1 atom stereocenters. The van der Waals surface area contributed by atoms with Gasteiger partial charge in [-0.15, -0.1) is 0 Å². The quantitative estimate of drug-likeness (QED) is 0.598. The van der Waals surface area contributed by atoms with Crippen molar-refractivity contribution in [1.82, 2.24) is 10.2 Å². The highest BCUT2D eigenvalue weighted by Crippen LogP contribution is 2.03. The van der Waals surface area contributed by atoms with Crippen LogP contribution in [0, 0.1) is 0 Å². The summed E-state index contributed by atoms with van der Waals surface area (Å²) in [4.78, 5) is 34.5. The number of urea groups is 1. The summed E-state index contributed by atoms with van der Waals surface area (Å²) < 4.78 is 0. The molecular formula is C12H23N3O4. The fraction of sp³-hybridized carbons (Fsp3) is 0.750. The number of primary amides is 1. The van der Waals surface area contributed by atoms with E-state index in [1.165, 1.54) is 4.90 Å². The second-order valence-corrected chi connectivity index (χ2v) is 4.82. The van der Waals surface area contributed by atoms with Crippen LogP contribution < -0.4 is 11.1 Å². The highest BCUT2D eigenvalue weighted by atomic mass is 16.4. The number of hydrogen-bond donors (Lipinski definition) is 3. The van der Waals surface area contributed by atoms with Crippen molar-refractivity contribution >= 4 is 17.9 Å². The SMILES string of the molecule is CC(CCCC(=O)O)NC(=O)N(CC(N)=O)C(C)C. The molecule has 110 valence electrons. The zero-order valence-electron chi connectivity index (χ0n) is 11.7. The number of hydrogen-bond acceptors (Lipinski definition) is 3. The normalized spacial score (nSPS) is 12.0. The molecule has 0 aromatic rings. The van der Waals surface area contributed by atoms with Crippen LogP contribution in [0.2, 0.25) is 0 Å². The van der Waals surface area contributed by atoms with Gasteiger partial charge in [-0.25, -0.2) is 4.79 Å². The molecule has 0 aromatic heterocycles. The molecule has 1 unspecified atom stereocenters. The third-order valence-electron chi connectivity index (χ3n) is 2.61. The predicted octanol–water partition coefficient (Wildman–Crippen LogP) is 0.535. The van der Waals surface area contributed by atoms with E-state index in [9.17, 15) is 14.4 Å². The van der Waals surface area contributed by atoms with Crippen LogP contribution in [0.4, 0.5) is 4.79 Å². The molecule has 19 heavy (non-hydrogen) atoms. The minimum absolute atomic E-state index is 0.0788. The Morgan fingerprint density at radius 3 is 2.26 bits per heavy atom. The Morgan fingerprint density at radius 1 is 1.26 bits per heavy atom. The van der Waals surface area contributed by atoms with Crippen molar-refractivity contribution in [2.75, 3.05) is 6.54 Å². The maximum Gasteiger partial charge on any atom is 0.318 e. The number of nitrogens with zero attached hydrogens (tertiary/aromatic N) is 1. The number of nitrogens with one attached hydrogen (secondary N) is 1. The molecule has 0 spiro atoms. The lowest BCUT2D eigenvalue weighted by Crippen LogP contribution is -2.50. The summed E-state index contributed by atoms with van der Waals surface area (Å²) in [6, 6.07) is -0.656. The van der Waals surface area contributed by atoms with Crippen LogP contribution in [-0.2, 0) is 9.59 Å². The standard InChI is InChI=1S/C12H23N3O4/c1-8(2)15(7-10(13)16)12(19)14-9(3)5-4-6-11(17)18/h8-9H,4-7H2,1-3H3,(H2,13,16)(H,14,19)(H,17,18). The summed E-state index contributed by atoms with van der Waals surface area (Å²) in [5.41, 5.74) is 5.09. The van der Waals surface area contributed by atoms with Crippen LogP contribution in [0.1, 0.15) is 40.0 Å². The zero-order chi connectivity index (χ0) is 15.0. The van der Waals surface area contributed by atoms with Crippen LogP contribution in [-0.4, -0.2) is 46.5 Å². The summed E-state index contributed by atoms with van der Waals surface area (Å²) in [5, 5.41) is 11.2. The molecule has 0 fully saturated rings. The van der Waals surface area contributed by atoms with Gasteiger partial charge in [0.05, 0.1) is 0 Å². The van der Waals surface area contributed by atoms with E-state index in [1.807, 2.05) is 0 Å². The minimum Gasteiger partial charge on any atom is -0.481 e. The second kappa shape index (κ2) is 8.34. The Balaban J connectivity index is 4.23. The summed E-state index contributed by atoms with van der Waals surface area (Å²) in [6.45, 7) is 5.24. The first-order chi connectivity index (χ1) is 8.73. The number of carboxylic acids is 1. The molecule has 0 aromatic carbocycles. The van der Waals surface area contributed by atoms with Gasteiger partial charge in [0.25, 0.3) is 0 Å². The maximum absolute atomic E-state index is 11.9. The molecule has 0 rings (SSSR count). The van der Waals surface area contributed by atoms with Crippen molar-refractivity contribution < 1.29 is 19.5 Å². The smallest absolute Gasteiger partial charge is 0.318 e. The topological polar surface area (TPSA) is 113 Å². The summed E-state index contributed by atoms with van der Waals surface area (Å²) in [6.07, 6.45) is 1.14. The first-order valence-electron chi connectivity index (χ1n) is 6.31. The van der Waals surface area contributed by atoms with E-state index >= 15 is 0 Å². The lowest BCUT2D eigenvalue weighted by Gasteiger charge is -2.27. The average Bonchev–Trinajstić information content (AvgIpc) is 2.24. The van der Waals surface area contributed by atoms with Gasteiger partial charge in [-0.2, -0.15) is 0 Å².